The molecule has 118 valence electrons. The van der Waals surface area contributed by atoms with E-state index in [0.29, 0.717) is 24.5 Å². The monoisotopic (exact) mass is 311 g/mol. The molecular formula is C17H17N3O3. The Hall–Kier alpha value is -3.02. The van der Waals surface area contributed by atoms with E-state index in [9.17, 15) is 4.79 Å². The smallest absolute Gasteiger partial charge is 0.270 e. The van der Waals surface area contributed by atoms with Crippen molar-refractivity contribution >= 4 is 11.6 Å². The zero-order valence-corrected chi connectivity index (χ0v) is 12.5. The van der Waals surface area contributed by atoms with Crippen molar-refractivity contribution in [1.82, 2.24) is 10.3 Å². The highest BCUT2D eigenvalue weighted by Gasteiger charge is 2.13. The number of anilines is 1. The van der Waals surface area contributed by atoms with Crippen molar-refractivity contribution in [2.45, 2.75) is 6.54 Å². The molecule has 0 saturated heterocycles. The number of pyridine rings is 1. The van der Waals surface area contributed by atoms with Gasteiger partial charge in [0.05, 0.1) is 11.9 Å². The molecule has 0 aliphatic carbocycles. The van der Waals surface area contributed by atoms with Crippen molar-refractivity contribution in [1.29, 1.82) is 0 Å². The fraction of sp³-hybridized carbons (Fsp3) is 0.176. The van der Waals surface area contributed by atoms with Gasteiger partial charge in [0, 0.05) is 13.1 Å². The average Bonchev–Trinajstić information content (AvgIpc) is 3.06. The minimum absolute atomic E-state index is 0.224. The van der Waals surface area contributed by atoms with Crippen LogP contribution in [0.25, 0.3) is 0 Å². The van der Waals surface area contributed by atoms with Crippen LogP contribution in [0.1, 0.15) is 16.1 Å². The molecule has 2 heterocycles. The van der Waals surface area contributed by atoms with Crippen LogP contribution in [0.4, 0.5) is 5.69 Å². The summed E-state index contributed by atoms with van der Waals surface area (Å²) >= 11 is 0. The molecule has 0 unspecified atom stereocenters. The van der Waals surface area contributed by atoms with Gasteiger partial charge in [0.25, 0.3) is 5.91 Å². The molecule has 1 aliphatic heterocycles. The molecule has 6 heteroatoms. The maximum atomic E-state index is 12.1. The third-order valence-electron chi connectivity index (χ3n) is 3.34. The standard InChI is InChI=1S/C17H17N3O3/c1-2-7-18-13-4-5-14(19-10-13)17(21)20-9-12-3-6-15-16(8-12)23-11-22-15/h2-6,8,10,18H,1,7,9,11H2,(H,20,21). The Labute approximate surface area is 134 Å². The number of benzene rings is 1. The van der Waals surface area contributed by atoms with E-state index in [1.165, 1.54) is 0 Å². The van der Waals surface area contributed by atoms with Gasteiger partial charge in [0.2, 0.25) is 6.79 Å². The van der Waals surface area contributed by atoms with Crippen LogP contribution in [0.3, 0.4) is 0 Å². The molecule has 6 nitrogen and oxygen atoms in total. The van der Waals surface area contributed by atoms with E-state index in [1.54, 1.807) is 18.3 Å². The lowest BCUT2D eigenvalue weighted by atomic mass is 10.2. The van der Waals surface area contributed by atoms with Gasteiger partial charge < -0.3 is 20.1 Å². The number of aromatic nitrogens is 1. The van der Waals surface area contributed by atoms with Crippen LogP contribution in [-0.2, 0) is 6.54 Å². The number of nitrogens with zero attached hydrogens (tertiary/aromatic N) is 1. The van der Waals surface area contributed by atoms with Gasteiger partial charge in [-0.05, 0) is 29.8 Å². The predicted molar refractivity (Wildman–Crippen MR) is 86.7 cm³/mol. The molecule has 1 aromatic carbocycles. The van der Waals surface area contributed by atoms with Crippen molar-refractivity contribution in [3.63, 3.8) is 0 Å². The van der Waals surface area contributed by atoms with Crippen LogP contribution in [0, 0.1) is 0 Å². The Morgan fingerprint density at radius 1 is 1.26 bits per heavy atom. The van der Waals surface area contributed by atoms with Crippen molar-refractivity contribution in [3.05, 3.63) is 60.4 Å². The fourth-order valence-electron chi connectivity index (χ4n) is 2.15. The number of carbonyl (C=O) groups is 1. The number of nitrogens with one attached hydrogen (secondary N) is 2. The lowest BCUT2D eigenvalue weighted by Gasteiger charge is -2.07. The summed E-state index contributed by atoms with van der Waals surface area (Å²) in [6, 6.07) is 9.08. The topological polar surface area (TPSA) is 72.5 Å². The molecule has 0 atom stereocenters. The second-order valence-corrected chi connectivity index (χ2v) is 4.97. The second-order valence-electron chi connectivity index (χ2n) is 4.97. The summed E-state index contributed by atoms with van der Waals surface area (Å²) in [5.41, 5.74) is 2.15. The highest BCUT2D eigenvalue weighted by Crippen LogP contribution is 2.32. The van der Waals surface area contributed by atoms with Crippen LogP contribution in [0.2, 0.25) is 0 Å². The first-order valence-electron chi connectivity index (χ1n) is 7.24. The molecule has 0 radical (unpaired) electrons. The van der Waals surface area contributed by atoms with E-state index in [2.05, 4.69) is 22.2 Å². The predicted octanol–water partition coefficient (Wildman–Crippen LogP) is 2.34. The quantitative estimate of drug-likeness (QED) is 0.801. The van der Waals surface area contributed by atoms with E-state index in [4.69, 9.17) is 9.47 Å². The summed E-state index contributed by atoms with van der Waals surface area (Å²) in [6.07, 6.45) is 3.38. The van der Waals surface area contributed by atoms with E-state index >= 15 is 0 Å². The number of ether oxygens (including phenoxy) is 2. The molecule has 2 N–H and O–H groups in total. The molecule has 0 saturated carbocycles. The normalized spacial score (nSPS) is 11.8. The van der Waals surface area contributed by atoms with Crippen LogP contribution < -0.4 is 20.1 Å². The van der Waals surface area contributed by atoms with Gasteiger partial charge in [-0.15, -0.1) is 6.58 Å². The molecule has 3 rings (SSSR count). The third kappa shape index (κ3) is 3.60. The summed E-state index contributed by atoms with van der Waals surface area (Å²) < 4.78 is 10.6. The Kier molecular flexibility index (Phi) is 4.42. The fourth-order valence-corrected chi connectivity index (χ4v) is 2.15. The number of hydrogen-bond donors (Lipinski definition) is 2. The van der Waals surface area contributed by atoms with Crippen molar-refractivity contribution in [3.8, 4) is 11.5 Å². The maximum Gasteiger partial charge on any atom is 0.270 e. The summed E-state index contributed by atoms with van der Waals surface area (Å²) in [6.45, 7) is 4.92. The van der Waals surface area contributed by atoms with E-state index in [0.717, 1.165) is 17.0 Å². The van der Waals surface area contributed by atoms with Gasteiger partial charge in [-0.25, -0.2) is 4.98 Å². The third-order valence-corrected chi connectivity index (χ3v) is 3.34. The van der Waals surface area contributed by atoms with Crippen molar-refractivity contribution in [2.24, 2.45) is 0 Å². The molecule has 1 amide bonds. The Morgan fingerprint density at radius 3 is 2.91 bits per heavy atom. The second kappa shape index (κ2) is 6.83. The lowest BCUT2D eigenvalue weighted by molar-refractivity contribution is 0.0946. The lowest BCUT2D eigenvalue weighted by Crippen LogP contribution is -2.23. The SMILES string of the molecule is C=CCNc1ccc(C(=O)NCc2ccc3c(c2)OCO3)nc1. The number of carbonyl (C=O) groups excluding carboxylic acids is 1. The van der Waals surface area contributed by atoms with Crippen LogP contribution >= 0.6 is 0 Å². The molecule has 0 bridgehead atoms. The first kappa shape index (κ1) is 14.9. The Morgan fingerprint density at radius 2 is 2.13 bits per heavy atom. The maximum absolute atomic E-state index is 12.1. The molecule has 2 aromatic rings. The molecule has 23 heavy (non-hydrogen) atoms. The molecule has 1 aromatic heterocycles. The van der Waals surface area contributed by atoms with Crippen LogP contribution in [-0.4, -0.2) is 24.2 Å². The first-order valence-corrected chi connectivity index (χ1v) is 7.24. The Bertz CT molecular complexity index is 714. The van der Waals surface area contributed by atoms with E-state index in [1.807, 2.05) is 24.3 Å². The van der Waals surface area contributed by atoms with Crippen LogP contribution in [0.5, 0.6) is 11.5 Å². The van der Waals surface area contributed by atoms with Crippen LogP contribution in [0.15, 0.2) is 49.2 Å². The highest BCUT2D eigenvalue weighted by atomic mass is 16.7. The average molecular weight is 311 g/mol. The zero-order valence-electron chi connectivity index (χ0n) is 12.5. The number of amides is 1. The van der Waals surface area contributed by atoms with Gasteiger partial charge in [-0.2, -0.15) is 0 Å². The summed E-state index contributed by atoms with van der Waals surface area (Å²) in [7, 11) is 0. The molecule has 1 aliphatic rings. The Balaban J connectivity index is 1.57. The zero-order chi connectivity index (χ0) is 16.1. The van der Waals surface area contributed by atoms with Gasteiger partial charge in [0.1, 0.15) is 5.69 Å². The highest BCUT2D eigenvalue weighted by molar-refractivity contribution is 5.92. The largest absolute Gasteiger partial charge is 0.454 e. The number of fused-ring (bicyclic) bond motifs is 1. The summed E-state index contributed by atoms with van der Waals surface area (Å²) in [5, 5.41) is 5.94. The minimum Gasteiger partial charge on any atom is -0.454 e. The molecule has 0 fully saturated rings. The first-order chi connectivity index (χ1) is 11.3. The van der Waals surface area contributed by atoms with Gasteiger partial charge in [-0.3, -0.25) is 4.79 Å². The minimum atomic E-state index is -0.224. The van der Waals surface area contributed by atoms with Crippen molar-refractivity contribution < 1.29 is 14.3 Å². The van der Waals surface area contributed by atoms with E-state index < -0.39 is 0 Å². The van der Waals surface area contributed by atoms with E-state index in [-0.39, 0.29) is 12.7 Å². The molecule has 0 spiro atoms. The number of hydrogen-bond acceptors (Lipinski definition) is 5. The van der Waals surface area contributed by atoms with Gasteiger partial charge in [-0.1, -0.05) is 12.1 Å². The summed E-state index contributed by atoms with van der Waals surface area (Å²) in [5.74, 6) is 1.20. The number of rotatable bonds is 6. The summed E-state index contributed by atoms with van der Waals surface area (Å²) in [4.78, 5) is 16.3. The van der Waals surface area contributed by atoms with Gasteiger partial charge in [0.15, 0.2) is 11.5 Å². The van der Waals surface area contributed by atoms with Gasteiger partial charge >= 0.3 is 0 Å². The van der Waals surface area contributed by atoms with Crippen molar-refractivity contribution in [2.75, 3.05) is 18.7 Å². The molecular weight excluding hydrogens is 294 g/mol.